The molecule has 0 saturated carbocycles. The molecular formula is C19H28O2. The van der Waals surface area contributed by atoms with Crippen molar-refractivity contribution in [2.45, 2.75) is 65.3 Å². The maximum absolute atomic E-state index is 9.90. The van der Waals surface area contributed by atoms with Gasteiger partial charge in [-0.3, -0.25) is 0 Å². The third-order valence-corrected chi connectivity index (χ3v) is 4.55. The van der Waals surface area contributed by atoms with Crippen LogP contribution in [-0.4, -0.2) is 17.5 Å². The van der Waals surface area contributed by atoms with Crippen molar-refractivity contribution in [3.05, 3.63) is 47.5 Å². The Labute approximate surface area is 128 Å². The summed E-state index contributed by atoms with van der Waals surface area (Å²) in [6.45, 7) is 6.53. The molecule has 2 heteroatoms. The van der Waals surface area contributed by atoms with Crippen LogP contribution in [0.3, 0.4) is 0 Å². The molecule has 2 nitrogen and oxygen atoms in total. The summed E-state index contributed by atoms with van der Waals surface area (Å²) in [5.41, 5.74) is 2.79. The van der Waals surface area contributed by atoms with Gasteiger partial charge >= 0.3 is 0 Å². The summed E-state index contributed by atoms with van der Waals surface area (Å²) >= 11 is 0. The predicted molar refractivity (Wildman–Crippen MR) is 87.0 cm³/mol. The molecule has 21 heavy (non-hydrogen) atoms. The molecule has 0 aliphatic carbocycles. The molecule has 1 saturated heterocycles. The number of hydrogen-bond donors (Lipinski definition) is 1. The molecule has 2 rings (SSSR count). The van der Waals surface area contributed by atoms with Crippen molar-refractivity contribution in [3.63, 3.8) is 0 Å². The fourth-order valence-corrected chi connectivity index (χ4v) is 3.24. The van der Waals surface area contributed by atoms with Gasteiger partial charge in [-0.2, -0.15) is 0 Å². The van der Waals surface area contributed by atoms with Gasteiger partial charge in [0.05, 0.1) is 6.10 Å². The highest BCUT2D eigenvalue weighted by molar-refractivity contribution is 5.15. The van der Waals surface area contributed by atoms with Crippen LogP contribution in [0.5, 0.6) is 0 Å². The second kappa shape index (κ2) is 7.24. The van der Waals surface area contributed by atoms with Crippen molar-refractivity contribution in [3.8, 4) is 0 Å². The molecule has 3 atom stereocenters. The number of aliphatic hydroxyl groups excluding tert-OH is 1. The molecular weight excluding hydrogens is 260 g/mol. The minimum atomic E-state index is -0.595. The fraction of sp³-hybridized carbons (Fsp3) is 0.579. The average Bonchev–Trinajstić information content (AvgIpc) is 2.72. The second-order valence-electron chi connectivity index (χ2n) is 6.78. The number of benzene rings is 1. The summed E-state index contributed by atoms with van der Waals surface area (Å²) in [6, 6.07) is 10.5. The lowest BCUT2D eigenvalue weighted by Gasteiger charge is -2.29. The smallest absolute Gasteiger partial charge is 0.155 e. The summed E-state index contributed by atoms with van der Waals surface area (Å²) in [7, 11) is 0. The van der Waals surface area contributed by atoms with Gasteiger partial charge in [0.25, 0.3) is 0 Å². The van der Waals surface area contributed by atoms with Crippen LogP contribution in [0.1, 0.15) is 52.0 Å². The van der Waals surface area contributed by atoms with Crippen LogP contribution in [0.25, 0.3) is 0 Å². The highest BCUT2D eigenvalue weighted by Gasteiger charge is 2.43. The van der Waals surface area contributed by atoms with Gasteiger partial charge in [0, 0.05) is 6.42 Å². The summed E-state index contributed by atoms with van der Waals surface area (Å²) in [6.07, 6.45) is 6.72. The normalized spacial score (nSPS) is 28.6. The van der Waals surface area contributed by atoms with E-state index in [2.05, 4.69) is 51.1 Å². The molecule has 1 N–H and O–H groups in total. The molecule has 0 aromatic heterocycles. The van der Waals surface area contributed by atoms with E-state index in [-0.39, 0.29) is 11.5 Å². The lowest BCUT2D eigenvalue weighted by atomic mass is 9.76. The SMILES string of the molecule is CC(C)=CCC[C@@]1(C)CC(O)O[C@@H]1CCc1ccccc1. The van der Waals surface area contributed by atoms with Crippen LogP contribution in [0, 0.1) is 5.41 Å². The van der Waals surface area contributed by atoms with Crippen molar-refractivity contribution < 1.29 is 9.84 Å². The van der Waals surface area contributed by atoms with Crippen LogP contribution in [0.4, 0.5) is 0 Å². The van der Waals surface area contributed by atoms with E-state index >= 15 is 0 Å². The number of rotatable bonds is 6. The van der Waals surface area contributed by atoms with E-state index in [0.29, 0.717) is 0 Å². The van der Waals surface area contributed by atoms with Crippen LogP contribution in [0.2, 0.25) is 0 Å². The predicted octanol–water partition coefficient (Wildman–Crippen LogP) is 4.48. The molecule has 1 heterocycles. The van der Waals surface area contributed by atoms with Crippen LogP contribution >= 0.6 is 0 Å². The number of hydrogen-bond acceptors (Lipinski definition) is 2. The molecule has 1 aliphatic rings. The van der Waals surface area contributed by atoms with Crippen LogP contribution in [-0.2, 0) is 11.2 Å². The Balaban J connectivity index is 1.94. The third-order valence-electron chi connectivity index (χ3n) is 4.55. The Hall–Kier alpha value is -1.12. The molecule has 0 radical (unpaired) electrons. The van der Waals surface area contributed by atoms with E-state index in [1.165, 1.54) is 11.1 Å². The van der Waals surface area contributed by atoms with Gasteiger partial charge in [-0.05, 0) is 50.5 Å². The highest BCUT2D eigenvalue weighted by Crippen LogP contribution is 2.43. The van der Waals surface area contributed by atoms with Crippen LogP contribution in [0.15, 0.2) is 42.0 Å². The number of aryl methyl sites for hydroxylation is 1. The zero-order chi connectivity index (χ0) is 15.3. The van der Waals surface area contributed by atoms with E-state index in [9.17, 15) is 5.11 Å². The molecule has 0 bridgehead atoms. The maximum atomic E-state index is 9.90. The Morgan fingerprint density at radius 3 is 2.71 bits per heavy atom. The molecule has 116 valence electrons. The topological polar surface area (TPSA) is 29.5 Å². The molecule has 1 aromatic rings. The van der Waals surface area contributed by atoms with Gasteiger partial charge in [0.15, 0.2) is 6.29 Å². The summed E-state index contributed by atoms with van der Waals surface area (Å²) in [4.78, 5) is 0. The van der Waals surface area contributed by atoms with Gasteiger partial charge < -0.3 is 9.84 Å². The number of aliphatic hydroxyl groups is 1. The Morgan fingerprint density at radius 2 is 2.05 bits per heavy atom. The molecule has 1 aliphatic heterocycles. The Morgan fingerprint density at radius 1 is 1.33 bits per heavy atom. The van der Waals surface area contributed by atoms with E-state index < -0.39 is 6.29 Å². The van der Waals surface area contributed by atoms with Crippen molar-refractivity contribution in [2.75, 3.05) is 0 Å². The minimum Gasteiger partial charge on any atom is -0.368 e. The summed E-state index contributed by atoms with van der Waals surface area (Å²) < 4.78 is 5.79. The first-order chi connectivity index (χ1) is 9.99. The monoisotopic (exact) mass is 288 g/mol. The number of ether oxygens (including phenoxy) is 1. The van der Waals surface area contributed by atoms with Gasteiger partial charge in [-0.25, -0.2) is 0 Å². The third kappa shape index (κ3) is 4.69. The summed E-state index contributed by atoms with van der Waals surface area (Å²) in [5.74, 6) is 0. The summed E-state index contributed by atoms with van der Waals surface area (Å²) in [5, 5.41) is 9.90. The molecule has 0 amide bonds. The van der Waals surface area contributed by atoms with E-state index in [0.717, 1.165) is 32.1 Å². The molecule has 1 fully saturated rings. The van der Waals surface area contributed by atoms with E-state index in [1.807, 2.05) is 6.07 Å². The molecule has 0 spiro atoms. The Bertz CT molecular complexity index is 462. The van der Waals surface area contributed by atoms with E-state index in [1.54, 1.807) is 0 Å². The van der Waals surface area contributed by atoms with Crippen molar-refractivity contribution in [2.24, 2.45) is 5.41 Å². The number of allylic oxidation sites excluding steroid dienone is 2. The lowest BCUT2D eigenvalue weighted by Crippen LogP contribution is -2.28. The second-order valence-corrected chi connectivity index (χ2v) is 6.78. The van der Waals surface area contributed by atoms with Crippen molar-refractivity contribution in [1.82, 2.24) is 0 Å². The Kier molecular flexibility index (Phi) is 5.60. The fourth-order valence-electron chi connectivity index (χ4n) is 3.24. The lowest BCUT2D eigenvalue weighted by molar-refractivity contribution is -0.0971. The zero-order valence-electron chi connectivity index (χ0n) is 13.5. The first-order valence-electron chi connectivity index (χ1n) is 8.00. The molecule has 1 aromatic carbocycles. The highest BCUT2D eigenvalue weighted by atomic mass is 16.6. The average molecular weight is 288 g/mol. The van der Waals surface area contributed by atoms with E-state index in [4.69, 9.17) is 4.74 Å². The minimum absolute atomic E-state index is 0.0835. The van der Waals surface area contributed by atoms with Crippen molar-refractivity contribution in [1.29, 1.82) is 0 Å². The maximum Gasteiger partial charge on any atom is 0.155 e. The van der Waals surface area contributed by atoms with Gasteiger partial charge in [0.1, 0.15) is 0 Å². The van der Waals surface area contributed by atoms with Gasteiger partial charge in [-0.15, -0.1) is 0 Å². The quantitative estimate of drug-likeness (QED) is 0.782. The first kappa shape index (κ1) is 16.3. The van der Waals surface area contributed by atoms with Gasteiger partial charge in [-0.1, -0.05) is 48.9 Å². The first-order valence-corrected chi connectivity index (χ1v) is 8.00. The standard InChI is InChI=1S/C19H28O2/c1-15(2)8-7-13-19(3)14-18(20)21-17(19)12-11-16-9-5-4-6-10-16/h4-6,8-10,17-18,20H,7,11-14H2,1-3H3/t17-,18?,19+/m1/s1. The van der Waals surface area contributed by atoms with Gasteiger partial charge in [0.2, 0.25) is 0 Å². The molecule has 1 unspecified atom stereocenters. The largest absolute Gasteiger partial charge is 0.368 e. The van der Waals surface area contributed by atoms with Crippen LogP contribution < -0.4 is 0 Å². The van der Waals surface area contributed by atoms with Crippen molar-refractivity contribution >= 4 is 0 Å². The zero-order valence-corrected chi connectivity index (χ0v) is 13.5.